The lowest BCUT2D eigenvalue weighted by Crippen LogP contribution is -2.25. The summed E-state index contributed by atoms with van der Waals surface area (Å²) >= 11 is 6.03. The number of amides is 1. The van der Waals surface area contributed by atoms with Gasteiger partial charge in [0.15, 0.2) is 5.78 Å². The zero-order valence-electron chi connectivity index (χ0n) is 19.3. The Morgan fingerprint density at radius 3 is 2.40 bits per heavy atom. The Balaban J connectivity index is 1.74. The Labute approximate surface area is 206 Å². The van der Waals surface area contributed by atoms with Crippen LogP contribution in [-0.4, -0.2) is 35.5 Å². The number of hydrogen-bond acceptors (Lipinski definition) is 6. The maximum Gasteiger partial charge on any atom is 0.244 e. The number of benzene rings is 2. The number of fused-ring (bicyclic) bond motifs is 1. The summed E-state index contributed by atoms with van der Waals surface area (Å²) in [6.07, 6.45) is 1.37. The van der Waals surface area contributed by atoms with E-state index in [1.807, 2.05) is 0 Å². The molecule has 35 heavy (non-hydrogen) atoms. The number of ketones is 1. The minimum absolute atomic E-state index is 0.0822. The quantitative estimate of drug-likeness (QED) is 0.388. The first-order valence-corrected chi connectivity index (χ1v) is 11.0. The molecule has 0 saturated carbocycles. The molecule has 0 spiro atoms. The number of aromatic nitrogens is 2. The highest BCUT2D eigenvalue weighted by atomic mass is 35.5. The van der Waals surface area contributed by atoms with Gasteiger partial charge in [0.2, 0.25) is 11.3 Å². The summed E-state index contributed by atoms with van der Waals surface area (Å²) in [7, 11) is 3.03. The number of halogens is 1. The monoisotopic (exact) mass is 491 g/mol. The zero-order valence-corrected chi connectivity index (χ0v) is 20.1. The Kier molecular flexibility index (Phi) is 6.84. The van der Waals surface area contributed by atoms with Crippen molar-refractivity contribution in [2.45, 2.75) is 13.5 Å². The van der Waals surface area contributed by atoms with Crippen LogP contribution < -0.4 is 20.2 Å². The summed E-state index contributed by atoms with van der Waals surface area (Å²) < 4.78 is 12.0. The lowest BCUT2D eigenvalue weighted by molar-refractivity contribution is -0.116. The van der Waals surface area contributed by atoms with Gasteiger partial charge in [-0.1, -0.05) is 23.7 Å². The molecule has 4 aromatic rings. The highest BCUT2D eigenvalue weighted by Gasteiger charge is 2.19. The highest BCUT2D eigenvalue weighted by molar-refractivity contribution is 6.31. The molecule has 4 rings (SSSR count). The third kappa shape index (κ3) is 5.17. The van der Waals surface area contributed by atoms with Crippen LogP contribution in [0.15, 0.2) is 65.6 Å². The third-order valence-corrected chi connectivity index (χ3v) is 5.58. The molecule has 8 nitrogen and oxygen atoms in total. The zero-order chi connectivity index (χ0) is 25.1. The van der Waals surface area contributed by atoms with Crippen LogP contribution in [0.4, 0.5) is 5.69 Å². The summed E-state index contributed by atoms with van der Waals surface area (Å²) in [4.78, 5) is 43.8. The lowest BCUT2D eigenvalue weighted by atomic mass is 10.0. The van der Waals surface area contributed by atoms with E-state index in [9.17, 15) is 14.4 Å². The molecule has 0 bridgehead atoms. The number of aryl methyl sites for hydroxylation is 1. The van der Waals surface area contributed by atoms with Gasteiger partial charge in [-0.25, -0.2) is 4.98 Å². The lowest BCUT2D eigenvalue weighted by Gasteiger charge is -2.14. The van der Waals surface area contributed by atoms with Gasteiger partial charge in [0.05, 0.1) is 25.2 Å². The van der Waals surface area contributed by atoms with Gasteiger partial charge in [-0.15, -0.1) is 0 Å². The minimum Gasteiger partial charge on any atom is -0.497 e. The van der Waals surface area contributed by atoms with Crippen LogP contribution in [-0.2, 0) is 11.3 Å². The van der Waals surface area contributed by atoms with E-state index in [0.29, 0.717) is 33.6 Å². The fraction of sp³-hybridized carbons (Fsp3) is 0.154. The first kappa shape index (κ1) is 24.0. The number of ether oxygens (including phenoxy) is 2. The van der Waals surface area contributed by atoms with Gasteiger partial charge in [0.25, 0.3) is 0 Å². The average molecular weight is 492 g/mol. The van der Waals surface area contributed by atoms with Crippen molar-refractivity contribution in [2.75, 3.05) is 19.5 Å². The number of pyridine rings is 2. The number of carbonyl (C=O) groups excluding carboxylic acids is 2. The van der Waals surface area contributed by atoms with Crippen LogP contribution in [0.2, 0.25) is 5.02 Å². The largest absolute Gasteiger partial charge is 0.497 e. The fourth-order valence-electron chi connectivity index (χ4n) is 3.66. The molecule has 0 aliphatic heterocycles. The number of methoxy groups -OCH3 is 2. The van der Waals surface area contributed by atoms with Crippen molar-refractivity contribution >= 4 is 40.0 Å². The molecule has 0 radical (unpaired) electrons. The second-order valence-corrected chi connectivity index (χ2v) is 8.25. The Bertz CT molecular complexity index is 1490. The SMILES string of the molecule is COc1cc(NC(=O)Cn2cc(C(=O)c3cccc(Cl)c3)c(=O)c3ccc(C)nc32)cc(OC)c1. The molecule has 0 atom stereocenters. The van der Waals surface area contributed by atoms with Crippen LogP contribution >= 0.6 is 11.6 Å². The summed E-state index contributed by atoms with van der Waals surface area (Å²) in [5.74, 6) is 0.140. The van der Waals surface area contributed by atoms with E-state index < -0.39 is 17.1 Å². The smallest absolute Gasteiger partial charge is 0.244 e. The molecule has 0 aliphatic carbocycles. The number of carbonyl (C=O) groups is 2. The Hall–Kier alpha value is -4.17. The summed E-state index contributed by atoms with van der Waals surface area (Å²) in [6, 6.07) is 14.6. The maximum atomic E-state index is 13.2. The van der Waals surface area contributed by atoms with E-state index in [-0.39, 0.29) is 23.1 Å². The van der Waals surface area contributed by atoms with Gasteiger partial charge in [-0.3, -0.25) is 14.4 Å². The van der Waals surface area contributed by atoms with Gasteiger partial charge in [0, 0.05) is 46.4 Å². The predicted octanol–water partition coefficient (Wildman–Crippen LogP) is 4.25. The van der Waals surface area contributed by atoms with Crippen LogP contribution in [0.1, 0.15) is 21.6 Å². The van der Waals surface area contributed by atoms with Crippen LogP contribution in [0.25, 0.3) is 11.0 Å². The molecule has 0 aliphatic rings. The number of anilines is 1. The third-order valence-electron chi connectivity index (χ3n) is 5.34. The van der Waals surface area contributed by atoms with E-state index in [1.165, 1.54) is 31.0 Å². The first-order valence-electron chi connectivity index (χ1n) is 10.6. The molecule has 1 amide bonds. The average Bonchev–Trinajstić information content (AvgIpc) is 2.84. The molecule has 0 unspecified atom stereocenters. The summed E-state index contributed by atoms with van der Waals surface area (Å²) in [5, 5.41) is 3.41. The number of rotatable bonds is 7. The molecular weight excluding hydrogens is 470 g/mol. The fourth-order valence-corrected chi connectivity index (χ4v) is 3.85. The van der Waals surface area contributed by atoms with Crippen LogP contribution in [0.3, 0.4) is 0 Å². The van der Waals surface area contributed by atoms with Crippen molar-refractivity contribution in [1.82, 2.24) is 9.55 Å². The molecule has 178 valence electrons. The summed E-state index contributed by atoms with van der Waals surface area (Å²) in [5.41, 5.74) is 1.16. The van der Waals surface area contributed by atoms with E-state index in [4.69, 9.17) is 21.1 Å². The topological polar surface area (TPSA) is 99.5 Å². The number of nitrogens with one attached hydrogen (secondary N) is 1. The predicted molar refractivity (Wildman–Crippen MR) is 134 cm³/mol. The van der Waals surface area contributed by atoms with E-state index in [0.717, 1.165) is 0 Å². The molecule has 1 N–H and O–H groups in total. The van der Waals surface area contributed by atoms with Crippen molar-refractivity contribution in [1.29, 1.82) is 0 Å². The molecule has 0 fully saturated rings. The number of nitrogens with zero attached hydrogens (tertiary/aromatic N) is 2. The summed E-state index contributed by atoms with van der Waals surface area (Å²) in [6.45, 7) is 1.59. The van der Waals surface area contributed by atoms with Crippen LogP contribution in [0, 0.1) is 6.92 Å². The Morgan fingerprint density at radius 1 is 1.03 bits per heavy atom. The molecule has 0 saturated heterocycles. The molecule has 9 heteroatoms. The second kappa shape index (κ2) is 9.99. The minimum atomic E-state index is -0.494. The van der Waals surface area contributed by atoms with Crippen molar-refractivity contribution in [2.24, 2.45) is 0 Å². The Morgan fingerprint density at radius 2 is 1.74 bits per heavy atom. The van der Waals surface area contributed by atoms with Crippen molar-refractivity contribution in [3.63, 3.8) is 0 Å². The van der Waals surface area contributed by atoms with Gasteiger partial charge < -0.3 is 19.4 Å². The maximum absolute atomic E-state index is 13.2. The highest BCUT2D eigenvalue weighted by Crippen LogP contribution is 2.26. The van der Waals surface area contributed by atoms with Gasteiger partial charge in [0.1, 0.15) is 23.7 Å². The molecule has 2 aromatic carbocycles. The van der Waals surface area contributed by atoms with Crippen molar-refractivity contribution < 1.29 is 19.1 Å². The van der Waals surface area contributed by atoms with E-state index in [2.05, 4.69) is 10.3 Å². The van der Waals surface area contributed by atoms with Gasteiger partial charge >= 0.3 is 0 Å². The molecular formula is C26H22ClN3O5. The standard InChI is InChI=1S/C26H22ClN3O5/c1-15-7-8-21-25(33)22(24(32)16-5-4-6-17(27)9-16)13-30(26(21)28-15)14-23(31)29-18-10-19(34-2)12-20(11-18)35-3/h4-13H,14H2,1-3H3,(H,29,31). The van der Waals surface area contributed by atoms with E-state index in [1.54, 1.807) is 55.5 Å². The normalized spacial score (nSPS) is 10.7. The molecule has 2 aromatic heterocycles. The van der Waals surface area contributed by atoms with Crippen LogP contribution in [0.5, 0.6) is 11.5 Å². The van der Waals surface area contributed by atoms with Gasteiger partial charge in [-0.2, -0.15) is 0 Å². The van der Waals surface area contributed by atoms with Gasteiger partial charge in [-0.05, 0) is 31.2 Å². The molecule has 2 heterocycles. The second-order valence-electron chi connectivity index (χ2n) is 7.81. The number of hydrogen-bond donors (Lipinski definition) is 1. The van der Waals surface area contributed by atoms with Crippen molar-refractivity contribution in [3.05, 3.63) is 92.9 Å². The van der Waals surface area contributed by atoms with E-state index >= 15 is 0 Å². The van der Waals surface area contributed by atoms with Crippen molar-refractivity contribution in [3.8, 4) is 11.5 Å². The first-order chi connectivity index (χ1) is 16.8.